The van der Waals surface area contributed by atoms with Crippen LogP contribution < -0.4 is 11.1 Å². The van der Waals surface area contributed by atoms with Crippen LogP contribution in [0, 0.1) is 12.8 Å². The van der Waals surface area contributed by atoms with Gasteiger partial charge < -0.3 is 16.0 Å². The molecule has 136 valence electrons. The number of hydrogen-bond acceptors (Lipinski definition) is 4. The summed E-state index contributed by atoms with van der Waals surface area (Å²) in [7, 11) is 0. The molecule has 0 saturated carbocycles. The summed E-state index contributed by atoms with van der Waals surface area (Å²) in [6.45, 7) is 5.16. The molecule has 0 spiro atoms. The minimum atomic E-state index is -0.259. The maximum Gasteiger partial charge on any atom is 0.256 e. The van der Waals surface area contributed by atoms with Crippen molar-refractivity contribution < 1.29 is 9.59 Å². The average molecular weight is 352 g/mol. The summed E-state index contributed by atoms with van der Waals surface area (Å²) >= 11 is 0. The number of benzene rings is 1. The lowest BCUT2D eigenvalue weighted by atomic mass is 10.1. The first-order chi connectivity index (χ1) is 12.5. The highest BCUT2D eigenvalue weighted by molar-refractivity contribution is 6.09. The molecule has 2 aromatic rings. The first-order valence-electron chi connectivity index (χ1n) is 8.83. The lowest BCUT2D eigenvalue weighted by Crippen LogP contribution is -2.35. The molecule has 6 nitrogen and oxygen atoms in total. The highest BCUT2D eigenvalue weighted by atomic mass is 16.2. The highest BCUT2D eigenvalue weighted by Gasteiger charge is 2.33. The minimum absolute atomic E-state index is 0.0674. The first-order valence-corrected chi connectivity index (χ1v) is 8.83. The molecule has 1 aromatic heterocycles. The third kappa shape index (κ3) is 3.60. The van der Waals surface area contributed by atoms with E-state index >= 15 is 0 Å². The third-order valence-corrected chi connectivity index (χ3v) is 4.94. The fourth-order valence-electron chi connectivity index (χ4n) is 3.45. The zero-order valence-electron chi connectivity index (χ0n) is 15.1. The lowest BCUT2D eigenvalue weighted by molar-refractivity contribution is 0.0744. The maximum atomic E-state index is 13.1. The molecule has 2 heterocycles. The molecule has 0 radical (unpaired) electrons. The molecular weight excluding hydrogens is 328 g/mol. The highest BCUT2D eigenvalue weighted by Crippen LogP contribution is 2.28. The topological polar surface area (TPSA) is 88.3 Å². The number of aryl methyl sites for hydroxylation is 1. The van der Waals surface area contributed by atoms with Crippen molar-refractivity contribution in [1.29, 1.82) is 0 Å². The molecule has 2 unspecified atom stereocenters. The molecule has 2 atom stereocenters. The lowest BCUT2D eigenvalue weighted by Gasteiger charge is -2.23. The zero-order valence-corrected chi connectivity index (χ0v) is 15.1. The van der Waals surface area contributed by atoms with Crippen molar-refractivity contribution in [2.45, 2.75) is 26.3 Å². The van der Waals surface area contributed by atoms with Gasteiger partial charge in [-0.15, -0.1) is 0 Å². The fourth-order valence-corrected chi connectivity index (χ4v) is 3.45. The van der Waals surface area contributed by atoms with Gasteiger partial charge >= 0.3 is 0 Å². The van der Waals surface area contributed by atoms with E-state index in [0.29, 0.717) is 35.8 Å². The standard InChI is InChI=1S/C20H24N4O2/c1-13-4-3-5-17(20(26)24-12-15(11-21)10-14(24)2)18(13)23-19(25)16-6-8-22-9-7-16/h3-9,14-15H,10-12,21H2,1-2H3,(H,23,25). The number of nitrogens with zero attached hydrogens (tertiary/aromatic N) is 2. The van der Waals surface area contributed by atoms with Crippen LogP contribution in [0.25, 0.3) is 0 Å². The van der Waals surface area contributed by atoms with Gasteiger partial charge in [0.05, 0.1) is 11.3 Å². The van der Waals surface area contributed by atoms with Gasteiger partial charge in [0.1, 0.15) is 0 Å². The van der Waals surface area contributed by atoms with E-state index in [9.17, 15) is 9.59 Å². The molecule has 26 heavy (non-hydrogen) atoms. The molecule has 1 aliphatic heterocycles. The number of aromatic nitrogens is 1. The number of likely N-dealkylation sites (tertiary alicyclic amines) is 1. The van der Waals surface area contributed by atoms with Gasteiger partial charge in [0, 0.05) is 30.5 Å². The molecule has 0 bridgehead atoms. The number of anilines is 1. The number of carbonyl (C=O) groups excluding carboxylic acids is 2. The van der Waals surface area contributed by atoms with Gasteiger partial charge in [-0.05, 0) is 56.5 Å². The first kappa shape index (κ1) is 18.1. The van der Waals surface area contributed by atoms with Crippen molar-refractivity contribution in [2.24, 2.45) is 11.7 Å². The van der Waals surface area contributed by atoms with Gasteiger partial charge in [-0.1, -0.05) is 12.1 Å². The zero-order chi connectivity index (χ0) is 18.7. The molecule has 1 saturated heterocycles. The second-order valence-electron chi connectivity index (χ2n) is 6.83. The van der Waals surface area contributed by atoms with Crippen LogP contribution in [0.4, 0.5) is 5.69 Å². The molecule has 2 amide bonds. The van der Waals surface area contributed by atoms with Crippen LogP contribution in [0.5, 0.6) is 0 Å². The maximum absolute atomic E-state index is 13.1. The van der Waals surface area contributed by atoms with Crippen LogP contribution in [0.3, 0.4) is 0 Å². The Morgan fingerprint density at radius 3 is 2.65 bits per heavy atom. The number of hydrogen-bond donors (Lipinski definition) is 2. The molecular formula is C20H24N4O2. The minimum Gasteiger partial charge on any atom is -0.336 e. The summed E-state index contributed by atoms with van der Waals surface area (Å²) in [5.74, 6) is 0.000789. The monoisotopic (exact) mass is 352 g/mol. The quantitative estimate of drug-likeness (QED) is 0.885. The number of pyridine rings is 1. The van der Waals surface area contributed by atoms with Gasteiger partial charge in [0.2, 0.25) is 0 Å². The Morgan fingerprint density at radius 2 is 2.00 bits per heavy atom. The van der Waals surface area contributed by atoms with Gasteiger partial charge in [0.15, 0.2) is 0 Å². The SMILES string of the molecule is Cc1cccc(C(=O)N2CC(CN)CC2C)c1NC(=O)c1ccncc1. The second-order valence-corrected chi connectivity index (χ2v) is 6.83. The van der Waals surface area contributed by atoms with E-state index < -0.39 is 0 Å². The Balaban J connectivity index is 1.88. The van der Waals surface area contributed by atoms with E-state index in [2.05, 4.69) is 10.3 Å². The number of amides is 2. The van der Waals surface area contributed by atoms with Crippen LogP contribution in [0.1, 0.15) is 39.6 Å². The number of carbonyl (C=O) groups is 2. The Hall–Kier alpha value is -2.73. The normalized spacial score (nSPS) is 19.4. The van der Waals surface area contributed by atoms with Crippen LogP contribution in [-0.2, 0) is 0 Å². The number of rotatable bonds is 4. The average Bonchev–Trinajstić information content (AvgIpc) is 3.04. The fraction of sp³-hybridized carbons (Fsp3) is 0.350. The molecule has 1 fully saturated rings. The number of nitrogens with two attached hydrogens (primary N) is 1. The van der Waals surface area contributed by atoms with E-state index in [1.165, 1.54) is 0 Å². The third-order valence-electron chi connectivity index (χ3n) is 4.94. The van der Waals surface area contributed by atoms with Crippen molar-refractivity contribution in [3.05, 3.63) is 59.4 Å². The summed E-state index contributed by atoms with van der Waals surface area (Å²) < 4.78 is 0. The predicted octanol–water partition coefficient (Wildman–Crippen LogP) is 2.45. The van der Waals surface area contributed by atoms with Crippen LogP contribution in [0.2, 0.25) is 0 Å². The van der Waals surface area contributed by atoms with E-state index in [1.807, 2.05) is 30.9 Å². The molecule has 3 N–H and O–H groups in total. The predicted molar refractivity (Wildman–Crippen MR) is 101 cm³/mol. The van der Waals surface area contributed by atoms with E-state index in [4.69, 9.17) is 5.73 Å². The molecule has 6 heteroatoms. The van der Waals surface area contributed by atoms with E-state index in [0.717, 1.165) is 12.0 Å². The smallest absolute Gasteiger partial charge is 0.256 e. The van der Waals surface area contributed by atoms with Crippen molar-refractivity contribution >= 4 is 17.5 Å². The molecule has 1 aromatic carbocycles. The van der Waals surface area contributed by atoms with E-state index in [1.54, 1.807) is 30.6 Å². The Bertz CT molecular complexity index is 807. The Morgan fingerprint density at radius 1 is 1.27 bits per heavy atom. The summed E-state index contributed by atoms with van der Waals surface area (Å²) in [5, 5.41) is 2.90. The Kier molecular flexibility index (Phi) is 5.32. The van der Waals surface area contributed by atoms with Gasteiger partial charge in [-0.25, -0.2) is 0 Å². The van der Waals surface area contributed by atoms with Crippen LogP contribution >= 0.6 is 0 Å². The molecule has 0 aliphatic carbocycles. The van der Waals surface area contributed by atoms with Crippen molar-refractivity contribution in [3.63, 3.8) is 0 Å². The van der Waals surface area contributed by atoms with E-state index in [-0.39, 0.29) is 17.9 Å². The van der Waals surface area contributed by atoms with Crippen LogP contribution in [-0.4, -0.2) is 40.8 Å². The van der Waals surface area contributed by atoms with Crippen LogP contribution in [0.15, 0.2) is 42.7 Å². The summed E-state index contributed by atoms with van der Waals surface area (Å²) in [6, 6.07) is 8.91. The largest absolute Gasteiger partial charge is 0.336 e. The number of nitrogens with one attached hydrogen (secondary N) is 1. The molecule has 3 rings (SSSR count). The van der Waals surface area contributed by atoms with Crippen molar-refractivity contribution in [2.75, 3.05) is 18.4 Å². The summed E-state index contributed by atoms with van der Waals surface area (Å²) in [4.78, 5) is 31.5. The summed E-state index contributed by atoms with van der Waals surface area (Å²) in [5.41, 5.74) is 8.20. The summed E-state index contributed by atoms with van der Waals surface area (Å²) in [6.07, 6.45) is 4.04. The van der Waals surface area contributed by atoms with Gasteiger partial charge in [0.25, 0.3) is 11.8 Å². The number of para-hydroxylation sites is 1. The Labute approximate surface area is 153 Å². The molecule has 1 aliphatic rings. The van der Waals surface area contributed by atoms with Crippen molar-refractivity contribution in [1.82, 2.24) is 9.88 Å². The van der Waals surface area contributed by atoms with Crippen molar-refractivity contribution in [3.8, 4) is 0 Å². The second kappa shape index (κ2) is 7.66. The van der Waals surface area contributed by atoms with Gasteiger partial charge in [-0.2, -0.15) is 0 Å². The van der Waals surface area contributed by atoms with Gasteiger partial charge in [-0.3, -0.25) is 14.6 Å².